The van der Waals surface area contributed by atoms with Gasteiger partial charge in [0.2, 0.25) is 0 Å². The van der Waals surface area contributed by atoms with Crippen molar-refractivity contribution in [2.24, 2.45) is 5.73 Å². The second-order valence-electron chi connectivity index (χ2n) is 2.49. The van der Waals surface area contributed by atoms with Crippen LogP contribution in [0, 0.1) is 5.41 Å². The lowest BCUT2D eigenvalue weighted by Crippen LogP contribution is -2.13. The van der Waals surface area contributed by atoms with Gasteiger partial charge in [0, 0.05) is 6.20 Å². The number of pyridine rings is 1. The van der Waals surface area contributed by atoms with Gasteiger partial charge >= 0.3 is 0 Å². The quantitative estimate of drug-likeness (QED) is 0.474. The van der Waals surface area contributed by atoms with Gasteiger partial charge in [-0.05, 0) is 12.1 Å². The van der Waals surface area contributed by atoms with Crippen molar-refractivity contribution in [3.8, 4) is 0 Å². The van der Waals surface area contributed by atoms with Crippen LogP contribution in [0.5, 0.6) is 0 Å². The van der Waals surface area contributed by atoms with Gasteiger partial charge in [-0.1, -0.05) is 6.07 Å². The molecular formula is C8H8N4. The Labute approximate surface area is 69.2 Å². The number of aromatic nitrogens is 2. The van der Waals surface area contributed by atoms with Crippen molar-refractivity contribution >= 4 is 11.5 Å². The zero-order valence-corrected chi connectivity index (χ0v) is 6.36. The summed E-state index contributed by atoms with van der Waals surface area (Å²) >= 11 is 0. The standard InChI is InChI=1S/C8H8N4/c9-8(10)6-5-11-7-3-1-2-4-12(6)7/h1-5H,(H3,9,10). The summed E-state index contributed by atoms with van der Waals surface area (Å²) in [5, 5.41) is 7.25. The number of nitrogen functional groups attached to an aromatic ring is 1. The lowest BCUT2D eigenvalue weighted by atomic mass is 10.4. The molecule has 0 radical (unpaired) electrons. The van der Waals surface area contributed by atoms with E-state index in [2.05, 4.69) is 4.98 Å². The normalized spacial score (nSPS) is 10.3. The van der Waals surface area contributed by atoms with Crippen molar-refractivity contribution < 1.29 is 0 Å². The monoisotopic (exact) mass is 160 g/mol. The van der Waals surface area contributed by atoms with E-state index in [0.29, 0.717) is 5.69 Å². The number of fused-ring (bicyclic) bond motifs is 1. The number of nitrogens with zero attached hydrogens (tertiary/aromatic N) is 2. The average molecular weight is 160 g/mol. The minimum Gasteiger partial charge on any atom is -0.382 e. The van der Waals surface area contributed by atoms with E-state index in [0.717, 1.165) is 5.65 Å². The van der Waals surface area contributed by atoms with Gasteiger partial charge < -0.3 is 5.73 Å². The largest absolute Gasteiger partial charge is 0.382 e. The molecule has 0 saturated heterocycles. The number of imidazole rings is 1. The lowest BCUT2D eigenvalue weighted by Gasteiger charge is -1.96. The highest BCUT2D eigenvalue weighted by Crippen LogP contribution is 2.04. The number of rotatable bonds is 1. The van der Waals surface area contributed by atoms with Crippen LogP contribution in [-0.2, 0) is 0 Å². The molecule has 3 N–H and O–H groups in total. The first kappa shape index (κ1) is 6.84. The molecule has 0 aliphatic carbocycles. The molecule has 2 aromatic heterocycles. The Kier molecular flexibility index (Phi) is 1.33. The fraction of sp³-hybridized carbons (Fsp3) is 0. The summed E-state index contributed by atoms with van der Waals surface area (Å²) in [7, 11) is 0. The van der Waals surface area contributed by atoms with Crippen molar-refractivity contribution in [3.05, 3.63) is 36.3 Å². The summed E-state index contributed by atoms with van der Waals surface area (Å²) < 4.78 is 1.78. The lowest BCUT2D eigenvalue weighted by molar-refractivity contribution is 1.15. The van der Waals surface area contributed by atoms with Crippen LogP contribution < -0.4 is 5.73 Å². The SMILES string of the molecule is N=C(N)c1cnc2ccccn12. The maximum Gasteiger partial charge on any atom is 0.141 e. The smallest absolute Gasteiger partial charge is 0.141 e. The van der Waals surface area contributed by atoms with Crippen molar-refractivity contribution in [2.45, 2.75) is 0 Å². The zero-order valence-electron chi connectivity index (χ0n) is 6.36. The molecule has 12 heavy (non-hydrogen) atoms. The second kappa shape index (κ2) is 2.34. The van der Waals surface area contributed by atoms with Crippen molar-refractivity contribution in [1.82, 2.24) is 9.38 Å². The van der Waals surface area contributed by atoms with E-state index in [-0.39, 0.29) is 5.84 Å². The predicted molar refractivity (Wildman–Crippen MR) is 46.2 cm³/mol. The first-order valence-corrected chi connectivity index (χ1v) is 3.55. The summed E-state index contributed by atoms with van der Waals surface area (Å²) in [6.45, 7) is 0. The van der Waals surface area contributed by atoms with Crippen molar-refractivity contribution in [3.63, 3.8) is 0 Å². The fourth-order valence-corrected chi connectivity index (χ4v) is 1.13. The van der Waals surface area contributed by atoms with Crippen molar-refractivity contribution in [1.29, 1.82) is 5.41 Å². The summed E-state index contributed by atoms with van der Waals surface area (Å²) in [6, 6.07) is 5.64. The molecule has 0 fully saturated rings. The van der Waals surface area contributed by atoms with Gasteiger partial charge in [0.15, 0.2) is 0 Å². The summed E-state index contributed by atoms with van der Waals surface area (Å²) in [5.74, 6) is 0.0358. The summed E-state index contributed by atoms with van der Waals surface area (Å²) in [4.78, 5) is 4.08. The topological polar surface area (TPSA) is 67.2 Å². The Balaban J connectivity index is 2.79. The minimum absolute atomic E-state index is 0.0358. The van der Waals surface area contributed by atoms with E-state index in [9.17, 15) is 0 Å². The van der Waals surface area contributed by atoms with Crippen LogP contribution in [0.4, 0.5) is 0 Å². The fourth-order valence-electron chi connectivity index (χ4n) is 1.13. The highest BCUT2D eigenvalue weighted by Gasteiger charge is 2.02. The van der Waals surface area contributed by atoms with Crippen molar-refractivity contribution in [2.75, 3.05) is 0 Å². The predicted octanol–water partition coefficient (Wildman–Crippen LogP) is 0.618. The van der Waals surface area contributed by atoms with Gasteiger partial charge in [-0.25, -0.2) is 4.98 Å². The Hall–Kier alpha value is -1.84. The molecule has 0 saturated carbocycles. The molecule has 0 amide bonds. The molecule has 0 bridgehead atoms. The van der Waals surface area contributed by atoms with Crippen LogP contribution in [0.25, 0.3) is 5.65 Å². The third kappa shape index (κ3) is 0.852. The number of nitrogens with two attached hydrogens (primary N) is 1. The maximum absolute atomic E-state index is 7.25. The Bertz CT molecular complexity index is 429. The number of hydrogen-bond acceptors (Lipinski definition) is 2. The highest BCUT2D eigenvalue weighted by atomic mass is 15.0. The van der Waals surface area contributed by atoms with E-state index in [1.54, 1.807) is 10.6 Å². The highest BCUT2D eigenvalue weighted by molar-refractivity contribution is 5.93. The van der Waals surface area contributed by atoms with Crippen LogP contribution in [0.2, 0.25) is 0 Å². The van der Waals surface area contributed by atoms with Gasteiger partial charge in [0.25, 0.3) is 0 Å². The molecule has 60 valence electrons. The molecule has 2 aromatic rings. The van der Waals surface area contributed by atoms with Gasteiger partial charge in [-0.2, -0.15) is 0 Å². The average Bonchev–Trinajstić information content (AvgIpc) is 2.47. The number of amidine groups is 1. The molecule has 4 heteroatoms. The molecule has 0 aliphatic rings. The number of hydrogen-bond donors (Lipinski definition) is 2. The number of nitrogens with one attached hydrogen (secondary N) is 1. The van der Waals surface area contributed by atoms with Crippen LogP contribution in [-0.4, -0.2) is 15.2 Å². The molecule has 4 nitrogen and oxygen atoms in total. The molecular weight excluding hydrogens is 152 g/mol. The molecule has 0 spiro atoms. The summed E-state index contributed by atoms with van der Waals surface area (Å²) in [6.07, 6.45) is 3.43. The van der Waals surface area contributed by atoms with Gasteiger partial charge in [0.1, 0.15) is 17.2 Å². The van der Waals surface area contributed by atoms with Crippen LogP contribution in [0.3, 0.4) is 0 Å². The van der Waals surface area contributed by atoms with E-state index in [1.807, 2.05) is 24.4 Å². The third-order valence-corrected chi connectivity index (χ3v) is 1.69. The van der Waals surface area contributed by atoms with Crippen LogP contribution >= 0.6 is 0 Å². The Morgan fingerprint density at radius 2 is 2.33 bits per heavy atom. The van der Waals surface area contributed by atoms with E-state index >= 15 is 0 Å². The van der Waals surface area contributed by atoms with E-state index in [1.165, 1.54) is 0 Å². The maximum atomic E-state index is 7.25. The molecule has 2 rings (SSSR count). The van der Waals surface area contributed by atoms with Crippen LogP contribution in [0.1, 0.15) is 5.69 Å². The Morgan fingerprint density at radius 3 is 3.08 bits per heavy atom. The van der Waals surface area contributed by atoms with E-state index in [4.69, 9.17) is 11.1 Å². The molecule has 0 aliphatic heterocycles. The van der Waals surface area contributed by atoms with Gasteiger partial charge in [-0.3, -0.25) is 9.81 Å². The zero-order chi connectivity index (χ0) is 8.55. The molecule has 0 atom stereocenters. The van der Waals surface area contributed by atoms with Crippen LogP contribution in [0.15, 0.2) is 30.6 Å². The second-order valence-corrected chi connectivity index (χ2v) is 2.49. The molecule has 0 aromatic carbocycles. The first-order valence-electron chi connectivity index (χ1n) is 3.55. The van der Waals surface area contributed by atoms with Gasteiger partial charge in [0.05, 0.1) is 6.20 Å². The van der Waals surface area contributed by atoms with E-state index < -0.39 is 0 Å². The molecule has 2 heterocycles. The third-order valence-electron chi connectivity index (χ3n) is 1.69. The molecule has 0 unspecified atom stereocenters. The Morgan fingerprint density at radius 1 is 1.50 bits per heavy atom. The first-order chi connectivity index (χ1) is 5.79. The summed E-state index contributed by atoms with van der Waals surface area (Å²) in [5.41, 5.74) is 6.78. The van der Waals surface area contributed by atoms with Gasteiger partial charge in [-0.15, -0.1) is 0 Å². The minimum atomic E-state index is 0.0358.